The number of benzene rings is 1. The van der Waals surface area contributed by atoms with E-state index in [-0.39, 0.29) is 22.9 Å². The minimum absolute atomic E-state index is 0.119. The normalized spacial score (nSPS) is 32.2. The van der Waals surface area contributed by atoms with E-state index in [1.54, 1.807) is 12.1 Å². The average molecular weight is 402 g/mol. The molecule has 4 aliphatic rings. The molecule has 4 fully saturated rings. The number of hydrogen-bond donors (Lipinski definition) is 0. The Labute approximate surface area is 172 Å². The number of nitrogens with zero attached hydrogens (tertiary/aromatic N) is 3. The van der Waals surface area contributed by atoms with Crippen LogP contribution in [0.15, 0.2) is 24.3 Å². The summed E-state index contributed by atoms with van der Waals surface area (Å²) in [7, 11) is 4.16. The molecule has 2 amide bonds. The van der Waals surface area contributed by atoms with E-state index in [4.69, 9.17) is 4.74 Å². The van der Waals surface area contributed by atoms with Crippen molar-refractivity contribution < 1.29 is 13.9 Å². The fourth-order valence-electron chi connectivity index (χ4n) is 5.57. The van der Waals surface area contributed by atoms with Crippen LogP contribution in [-0.2, 0) is 10.3 Å². The van der Waals surface area contributed by atoms with Gasteiger partial charge in [-0.15, -0.1) is 0 Å². The fourth-order valence-corrected chi connectivity index (χ4v) is 5.57. The second-order valence-electron chi connectivity index (χ2n) is 9.96. The molecule has 6 heteroatoms. The molecule has 29 heavy (non-hydrogen) atoms. The number of ether oxygens (including phenoxy) is 1. The SMILES string of the molecule is CN(C)C1(c2cccc(F)c2)CC2(CN(CCC3COC3)C(=O)N2CC2CC2)C1. The van der Waals surface area contributed by atoms with E-state index in [0.717, 1.165) is 57.7 Å². The van der Waals surface area contributed by atoms with E-state index < -0.39 is 0 Å². The first-order valence-corrected chi connectivity index (χ1v) is 11.0. The van der Waals surface area contributed by atoms with Gasteiger partial charge in [0.15, 0.2) is 0 Å². The molecule has 0 unspecified atom stereocenters. The number of amides is 2. The number of carbonyl (C=O) groups excluding carboxylic acids is 1. The highest BCUT2D eigenvalue weighted by Gasteiger charge is 2.64. The van der Waals surface area contributed by atoms with Crippen LogP contribution in [0.25, 0.3) is 0 Å². The van der Waals surface area contributed by atoms with Gasteiger partial charge in [-0.2, -0.15) is 0 Å². The number of halogens is 1. The molecule has 158 valence electrons. The second-order valence-corrected chi connectivity index (χ2v) is 9.96. The molecule has 5 rings (SSSR count). The Kier molecular flexibility index (Phi) is 4.63. The summed E-state index contributed by atoms with van der Waals surface area (Å²) in [5.74, 6) is 1.08. The van der Waals surface area contributed by atoms with Gasteiger partial charge < -0.3 is 14.5 Å². The lowest BCUT2D eigenvalue weighted by atomic mass is 9.58. The molecule has 1 aromatic rings. The number of hydrogen-bond acceptors (Lipinski definition) is 3. The van der Waals surface area contributed by atoms with Gasteiger partial charge in [0, 0.05) is 25.6 Å². The monoisotopic (exact) mass is 401 g/mol. The maximum Gasteiger partial charge on any atom is 0.320 e. The molecule has 0 aromatic heterocycles. The lowest BCUT2D eigenvalue weighted by molar-refractivity contribution is -0.0715. The smallest absolute Gasteiger partial charge is 0.320 e. The summed E-state index contributed by atoms with van der Waals surface area (Å²) in [4.78, 5) is 19.8. The van der Waals surface area contributed by atoms with Gasteiger partial charge in [0.2, 0.25) is 0 Å². The number of urea groups is 1. The van der Waals surface area contributed by atoms with Gasteiger partial charge in [-0.3, -0.25) is 4.90 Å². The molecule has 2 heterocycles. The molecule has 2 saturated carbocycles. The van der Waals surface area contributed by atoms with E-state index in [1.807, 2.05) is 6.07 Å². The van der Waals surface area contributed by atoms with E-state index >= 15 is 0 Å². The van der Waals surface area contributed by atoms with E-state index in [9.17, 15) is 9.18 Å². The van der Waals surface area contributed by atoms with Gasteiger partial charge in [-0.05, 0) is 69.8 Å². The summed E-state index contributed by atoms with van der Waals surface area (Å²) in [5, 5.41) is 0. The van der Waals surface area contributed by atoms with Crippen molar-refractivity contribution in [2.24, 2.45) is 11.8 Å². The Morgan fingerprint density at radius 1 is 1.21 bits per heavy atom. The minimum atomic E-state index is -0.206. The quantitative estimate of drug-likeness (QED) is 0.703. The maximum atomic E-state index is 14.0. The van der Waals surface area contributed by atoms with Crippen LogP contribution in [0.3, 0.4) is 0 Å². The largest absolute Gasteiger partial charge is 0.381 e. The molecular weight excluding hydrogens is 369 g/mol. The van der Waals surface area contributed by atoms with Crippen LogP contribution in [0.1, 0.15) is 37.7 Å². The van der Waals surface area contributed by atoms with Crippen molar-refractivity contribution in [3.63, 3.8) is 0 Å². The summed E-state index contributed by atoms with van der Waals surface area (Å²) in [6.45, 7) is 4.18. The van der Waals surface area contributed by atoms with Gasteiger partial charge in [0.1, 0.15) is 5.82 Å². The van der Waals surface area contributed by atoms with E-state index in [1.165, 1.54) is 18.9 Å². The second kappa shape index (κ2) is 6.95. The topological polar surface area (TPSA) is 36.0 Å². The van der Waals surface area contributed by atoms with Gasteiger partial charge in [-0.1, -0.05) is 12.1 Å². The molecule has 1 spiro atoms. The standard InChI is InChI=1S/C23H32FN3O2/c1-25(2)23(19-4-3-5-20(24)10-19)14-22(15-23)16-26(9-8-18-12-29-13-18)21(28)27(22)11-17-6-7-17/h3-5,10,17-18H,6-9,11-16H2,1-2H3. The van der Waals surface area contributed by atoms with Crippen LogP contribution in [0.4, 0.5) is 9.18 Å². The third-order valence-electron chi connectivity index (χ3n) is 7.67. The highest BCUT2D eigenvalue weighted by molar-refractivity contribution is 5.79. The zero-order valence-corrected chi connectivity index (χ0v) is 17.6. The molecule has 2 aliphatic heterocycles. The zero-order valence-electron chi connectivity index (χ0n) is 17.6. The van der Waals surface area contributed by atoms with Crippen molar-refractivity contribution in [3.8, 4) is 0 Å². The molecule has 0 N–H and O–H groups in total. The Hall–Kier alpha value is -1.66. The zero-order chi connectivity index (χ0) is 20.2. The first-order valence-electron chi connectivity index (χ1n) is 11.0. The minimum Gasteiger partial charge on any atom is -0.381 e. The molecule has 2 saturated heterocycles. The van der Waals surface area contributed by atoms with Crippen molar-refractivity contribution in [1.82, 2.24) is 14.7 Å². The first kappa shape index (κ1) is 19.3. The van der Waals surface area contributed by atoms with Gasteiger partial charge in [-0.25, -0.2) is 9.18 Å². The maximum absolute atomic E-state index is 14.0. The van der Waals surface area contributed by atoms with Gasteiger partial charge in [0.05, 0.1) is 24.3 Å². The number of rotatable bonds is 7. The first-order chi connectivity index (χ1) is 13.9. The molecule has 2 aliphatic carbocycles. The van der Waals surface area contributed by atoms with Crippen molar-refractivity contribution in [2.45, 2.75) is 43.2 Å². The van der Waals surface area contributed by atoms with Crippen LogP contribution in [-0.4, -0.2) is 73.2 Å². The van der Waals surface area contributed by atoms with Crippen LogP contribution >= 0.6 is 0 Å². The van der Waals surface area contributed by atoms with Crippen molar-refractivity contribution in [3.05, 3.63) is 35.6 Å². The van der Waals surface area contributed by atoms with Crippen molar-refractivity contribution >= 4 is 6.03 Å². The third kappa shape index (κ3) is 3.25. The van der Waals surface area contributed by atoms with Crippen LogP contribution in [0.2, 0.25) is 0 Å². The predicted octanol–water partition coefficient (Wildman–Crippen LogP) is 3.30. The lowest BCUT2D eigenvalue weighted by Gasteiger charge is -2.60. The van der Waals surface area contributed by atoms with Crippen LogP contribution in [0, 0.1) is 17.7 Å². The number of carbonyl (C=O) groups is 1. The van der Waals surface area contributed by atoms with Crippen LogP contribution in [0.5, 0.6) is 0 Å². The van der Waals surface area contributed by atoms with Crippen molar-refractivity contribution in [2.75, 3.05) is 46.9 Å². The Bertz CT molecular complexity index is 784. The summed E-state index contributed by atoms with van der Waals surface area (Å²) >= 11 is 0. The average Bonchev–Trinajstić information content (AvgIpc) is 3.38. The molecule has 1 aromatic carbocycles. The van der Waals surface area contributed by atoms with Crippen molar-refractivity contribution in [1.29, 1.82) is 0 Å². The van der Waals surface area contributed by atoms with Crippen LogP contribution < -0.4 is 0 Å². The predicted molar refractivity (Wildman–Crippen MR) is 109 cm³/mol. The van der Waals surface area contributed by atoms with Gasteiger partial charge in [0.25, 0.3) is 0 Å². The van der Waals surface area contributed by atoms with Gasteiger partial charge >= 0.3 is 6.03 Å². The summed E-state index contributed by atoms with van der Waals surface area (Å²) in [6, 6.07) is 7.22. The molecule has 5 nitrogen and oxygen atoms in total. The highest BCUT2D eigenvalue weighted by atomic mass is 19.1. The molecule has 0 atom stereocenters. The molecular formula is C23H32FN3O2. The molecule has 0 bridgehead atoms. The Balaban J connectivity index is 1.37. The highest BCUT2D eigenvalue weighted by Crippen LogP contribution is 2.57. The third-order valence-corrected chi connectivity index (χ3v) is 7.67. The Morgan fingerprint density at radius 2 is 1.97 bits per heavy atom. The molecule has 0 radical (unpaired) electrons. The fraction of sp³-hybridized carbons (Fsp3) is 0.696. The Morgan fingerprint density at radius 3 is 2.55 bits per heavy atom. The van der Waals surface area contributed by atoms with E-state index in [0.29, 0.717) is 11.8 Å². The summed E-state index contributed by atoms with van der Waals surface area (Å²) < 4.78 is 19.3. The lowest BCUT2D eigenvalue weighted by Crippen LogP contribution is -2.67. The summed E-state index contributed by atoms with van der Waals surface area (Å²) in [5.41, 5.74) is 0.700. The summed E-state index contributed by atoms with van der Waals surface area (Å²) in [6.07, 6.45) is 5.25. The van der Waals surface area contributed by atoms with E-state index in [2.05, 4.69) is 28.8 Å².